The van der Waals surface area contributed by atoms with Crippen LogP contribution < -0.4 is 4.74 Å². The molecule has 0 aliphatic rings. The van der Waals surface area contributed by atoms with Crippen molar-refractivity contribution in [2.75, 3.05) is 13.7 Å². The number of rotatable bonds is 6. The maximum Gasteiger partial charge on any atom is 0.331 e. The van der Waals surface area contributed by atoms with Crippen LogP contribution >= 0.6 is 11.6 Å². The molecule has 0 aliphatic heterocycles. The highest BCUT2D eigenvalue weighted by molar-refractivity contribution is 6.30. The zero-order valence-electron chi connectivity index (χ0n) is 12.5. The van der Waals surface area contributed by atoms with Crippen molar-refractivity contribution in [3.63, 3.8) is 0 Å². The van der Waals surface area contributed by atoms with Crippen LogP contribution in [0, 0.1) is 0 Å². The summed E-state index contributed by atoms with van der Waals surface area (Å²) in [6, 6.07) is 13.6. The van der Waals surface area contributed by atoms with Crippen molar-refractivity contribution in [3.05, 3.63) is 70.8 Å². The van der Waals surface area contributed by atoms with Crippen LogP contribution in [0.2, 0.25) is 5.02 Å². The Morgan fingerprint density at radius 3 is 2.48 bits per heavy atom. The van der Waals surface area contributed by atoms with Gasteiger partial charge in [0.1, 0.15) is 5.75 Å². The molecule has 0 spiro atoms. The highest BCUT2D eigenvalue weighted by Gasteiger charge is 2.08. The minimum Gasteiger partial charge on any atom is -0.496 e. The normalized spacial score (nSPS) is 10.5. The molecular formula is C18H15ClO4. The first kappa shape index (κ1) is 16.8. The average molecular weight is 331 g/mol. The summed E-state index contributed by atoms with van der Waals surface area (Å²) in [4.78, 5) is 23.6. The summed E-state index contributed by atoms with van der Waals surface area (Å²) >= 11 is 5.75. The Bertz CT molecular complexity index is 720. The van der Waals surface area contributed by atoms with Crippen LogP contribution in [0.15, 0.2) is 54.6 Å². The number of ether oxygens (including phenoxy) is 2. The SMILES string of the molecule is COc1ccccc1C=CC(=O)OCC(=O)c1ccc(Cl)cc1. The third-order valence-corrected chi connectivity index (χ3v) is 3.30. The number of para-hydroxylation sites is 1. The highest BCUT2D eigenvalue weighted by atomic mass is 35.5. The summed E-state index contributed by atoms with van der Waals surface area (Å²) < 4.78 is 10.1. The molecule has 0 heterocycles. The molecule has 0 amide bonds. The van der Waals surface area contributed by atoms with Crippen molar-refractivity contribution < 1.29 is 19.1 Å². The second-order valence-electron chi connectivity index (χ2n) is 4.61. The first-order valence-electron chi connectivity index (χ1n) is 6.87. The predicted molar refractivity (Wildman–Crippen MR) is 88.8 cm³/mol. The van der Waals surface area contributed by atoms with Crippen LogP contribution in [-0.2, 0) is 9.53 Å². The van der Waals surface area contributed by atoms with Crippen LogP contribution in [0.25, 0.3) is 6.08 Å². The smallest absolute Gasteiger partial charge is 0.331 e. The van der Waals surface area contributed by atoms with Gasteiger partial charge in [-0.05, 0) is 36.4 Å². The van der Waals surface area contributed by atoms with Crippen LogP contribution in [0.3, 0.4) is 0 Å². The molecule has 0 saturated heterocycles. The largest absolute Gasteiger partial charge is 0.496 e. The lowest BCUT2D eigenvalue weighted by atomic mass is 10.1. The van der Waals surface area contributed by atoms with Crippen molar-refractivity contribution in [2.24, 2.45) is 0 Å². The van der Waals surface area contributed by atoms with Crippen molar-refractivity contribution in [1.29, 1.82) is 0 Å². The number of ketones is 1. The molecule has 0 saturated carbocycles. The molecule has 2 aromatic rings. The number of carbonyl (C=O) groups excluding carboxylic acids is 2. The molecule has 0 aliphatic carbocycles. The zero-order valence-corrected chi connectivity index (χ0v) is 13.2. The fourth-order valence-corrected chi connectivity index (χ4v) is 1.99. The van der Waals surface area contributed by atoms with Gasteiger partial charge in [0.25, 0.3) is 0 Å². The topological polar surface area (TPSA) is 52.6 Å². The maximum absolute atomic E-state index is 11.9. The van der Waals surface area contributed by atoms with Crippen molar-refractivity contribution in [3.8, 4) is 5.75 Å². The minimum absolute atomic E-state index is 0.291. The first-order chi connectivity index (χ1) is 11.1. The van der Waals surface area contributed by atoms with Gasteiger partial charge in [0.15, 0.2) is 12.4 Å². The molecule has 0 radical (unpaired) electrons. The fourth-order valence-electron chi connectivity index (χ4n) is 1.87. The summed E-state index contributed by atoms with van der Waals surface area (Å²) in [7, 11) is 1.55. The van der Waals surface area contributed by atoms with Gasteiger partial charge in [0, 0.05) is 22.2 Å². The number of halogens is 1. The standard InChI is InChI=1S/C18H15ClO4/c1-22-17-5-3-2-4-14(17)8-11-18(21)23-12-16(20)13-6-9-15(19)10-7-13/h2-11H,12H2,1H3. The van der Waals surface area contributed by atoms with Crippen LogP contribution in [0.5, 0.6) is 5.75 Å². The van der Waals surface area contributed by atoms with E-state index in [1.54, 1.807) is 43.5 Å². The Labute approximate surface area is 139 Å². The van der Waals surface area contributed by atoms with Gasteiger partial charge in [-0.3, -0.25) is 4.79 Å². The van der Waals surface area contributed by atoms with Gasteiger partial charge >= 0.3 is 5.97 Å². The molecular weight excluding hydrogens is 316 g/mol. The monoisotopic (exact) mass is 330 g/mol. The molecule has 23 heavy (non-hydrogen) atoms. The number of Topliss-reactive ketones (excluding diaryl/α,β-unsaturated/α-hetero) is 1. The Hall–Kier alpha value is -2.59. The molecule has 4 nitrogen and oxygen atoms in total. The molecule has 2 rings (SSSR count). The zero-order chi connectivity index (χ0) is 16.7. The van der Waals surface area contributed by atoms with Crippen molar-refractivity contribution in [2.45, 2.75) is 0 Å². The summed E-state index contributed by atoms with van der Waals surface area (Å²) in [5, 5.41) is 0.540. The fraction of sp³-hybridized carbons (Fsp3) is 0.111. The van der Waals surface area contributed by atoms with Crippen molar-refractivity contribution in [1.82, 2.24) is 0 Å². The maximum atomic E-state index is 11.9. The Morgan fingerprint density at radius 1 is 1.09 bits per heavy atom. The molecule has 2 aromatic carbocycles. The first-order valence-corrected chi connectivity index (χ1v) is 7.24. The highest BCUT2D eigenvalue weighted by Crippen LogP contribution is 2.18. The average Bonchev–Trinajstić information content (AvgIpc) is 2.58. The van der Waals surface area contributed by atoms with E-state index >= 15 is 0 Å². The minimum atomic E-state index is -0.599. The van der Waals surface area contributed by atoms with E-state index < -0.39 is 5.97 Å². The Kier molecular flexibility index (Phi) is 5.94. The number of methoxy groups -OCH3 is 1. The number of hydrogen-bond acceptors (Lipinski definition) is 4. The second-order valence-corrected chi connectivity index (χ2v) is 5.05. The van der Waals surface area contributed by atoms with Crippen LogP contribution in [0.4, 0.5) is 0 Å². The molecule has 0 atom stereocenters. The third kappa shape index (κ3) is 4.97. The van der Waals surface area contributed by atoms with Crippen molar-refractivity contribution >= 4 is 29.4 Å². The van der Waals surface area contributed by atoms with E-state index in [0.717, 1.165) is 5.56 Å². The van der Waals surface area contributed by atoms with E-state index in [1.807, 2.05) is 18.2 Å². The van der Waals surface area contributed by atoms with E-state index in [0.29, 0.717) is 16.3 Å². The Morgan fingerprint density at radius 2 is 1.78 bits per heavy atom. The number of esters is 1. The van der Waals surface area contributed by atoms with Gasteiger partial charge in [-0.15, -0.1) is 0 Å². The Balaban J connectivity index is 1.91. The van der Waals surface area contributed by atoms with E-state index in [1.165, 1.54) is 6.08 Å². The van der Waals surface area contributed by atoms with Gasteiger partial charge in [-0.2, -0.15) is 0 Å². The summed E-state index contributed by atoms with van der Waals surface area (Å²) in [5.41, 5.74) is 1.19. The third-order valence-electron chi connectivity index (χ3n) is 3.05. The van der Waals surface area contributed by atoms with Gasteiger partial charge in [-0.1, -0.05) is 29.8 Å². The lowest BCUT2D eigenvalue weighted by Crippen LogP contribution is -2.12. The van der Waals surface area contributed by atoms with E-state index in [-0.39, 0.29) is 12.4 Å². The summed E-state index contributed by atoms with van der Waals surface area (Å²) in [6.07, 6.45) is 2.83. The van der Waals surface area contributed by atoms with Crippen LogP contribution in [-0.4, -0.2) is 25.5 Å². The molecule has 5 heteroatoms. The molecule has 0 N–H and O–H groups in total. The van der Waals surface area contributed by atoms with Gasteiger partial charge in [-0.25, -0.2) is 4.79 Å². The van der Waals surface area contributed by atoms with Gasteiger partial charge < -0.3 is 9.47 Å². The molecule has 0 aromatic heterocycles. The molecule has 0 fully saturated rings. The number of benzene rings is 2. The van der Waals surface area contributed by atoms with Crippen LogP contribution in [0.1, 0.15) is 15.9 Å². The predicted octanol–water partition coefficient (Wildman–Crippen LogP) is 3.79. The van der Waals surface area contributed by atoms with E-state index in [2.05, 4.69) is 0 Å². The lowest BCUT2D eigenvalue weighted by Gasteiger charge is -2.04. The molecule has 118 valence electrons. The van der Waals surface area contributed by atoms with Gasteiger partial charge in [0.2, 0.25) is 0 Å². The number of carbonyl (C=O) groups is 2. The van der Waals surface area contributed by atoms with E-state index in [9.17, 15) is 9.59 Å². The molecule has 0 bridgehead atoms. The summed E-state index contributed by atoms with van der Waals surface area (Å²) in [5.74, 6) is -0.243. The van der Waals surface area contributed by atoms with Gasteiger partial charge in [0.05, 0.1) is 7.11 Å². The van der Waals surface area contributed by atoms with E-state index in [4.69, 9.17) is 21.1 Å². The quantitative estimate of drug-likeness (QED) is 0.459. The number of hydrogen-bond donors (Lipinski definition) is 0. The summed E-state index contributed by atoms with van der Waals surface area (Å²) in [6.45, 7) is -0.323. The second kappa shape index (κ2) is 8.15. The lowest BCUT2D eigenvalue weighted by molar-refractivity contribution is -0.136. The molecule has 0 unspecified atom stereocenters.